The van der Waals surface area contributed by atoms with Gasteiger partial charge in [0.25, 0.3) is 0 Å². The smallest absolute Gasteiger partial charge is 0.335 e. The first kappa shape index (κ1) is 12.3. The van der Waals surface area contributed by atoms with Crippen molar-refractivity contribution < 1.29 is 15.0 Å². The molecule has 0 aliphatic carbocycles. The summed E-state index contributed by atoms with van der Waals surface area (Å²) in [7, 11) is 0. The van der Waals surface area contributed by atoms with Crippen LogP contribution in [0.1, 0.15) is 27.6 Å². The molecule has 0 unspecified atom stereocenters. The second-order valence-electron chi connectivity index (χ2n) is 3.91. The van der Waals surface area contributed by atoms with E-state index in [1.165, 1.54) is 0 Å². The van der Waals surface area contributed by atoms with Crippen molar-refractivity contribution in [3.05, 3.63) is 47.0 Å². The molecule has 94 valence electrons. The van der Waals surface area contributed by atoms with E-state index < -0.39 is 5.97 Å². The van der Waals surface area contributed by atoms with Crippen LogP contribution in [0.2, 0.25) is 0 Å². The second kappa shape index (κ2) is 4.97. The van der Waals surface area contributed by atoms with Crippen LogP contribution in [0.25, 0.3) is 0 Å². The molecule has 0 spiro atoms. The Labute approximate surface area is 104 Å². The molecule has 0 atom stereocenters. The van der Waals surface area contributed by atoms with Gasteiger partial charge in [0.2, 0.25) is 0 Å². The number of hydrogen-bond acceptors (Lipinski definition) is 4. The zero-order valence-corrected chi connectivity index (χ0v) is 9.87. The highest BCUT2D eigenvalue weighted by molar-refractivity contribution is 5.87. The Kier molecular flexibility index (Phi) is 3.38. The van der Waals surface area contributed by atoms with E-state index in [1.54, 1.807) is 35.8 Å². The van der Waals surface area contributed by atoms with Crippen LogP contribution in [-0.4, -0.2) is 30.9 Å². The van der Waals surface area contributed by atoms with E-state index >= 15 is 0 Å². The van der Waals surface area contributed by atoms with Crippen LogP contribution in [0.3, 0.4) is 0 Å². The number of carbonyl (C=O) groups is 1. The summed E-state index contributed by atoms with van der Waals surface area (Å²) >= 11 is 0. The first-order valence-corrected chi connectivity index (χ1v) is 5.43. The summed E-state index contributed by atoms with van der Waals surface area (Å²) in [6, 6.07) is 6.58. The van der Waals surface area contributed by atoms with Gasteiger partial charge in [-0.25, -0.2) is 4.79 Å². The fraction of sp³-hybridized carbons (Fsp3) is 0.250. The van der Waals surface area contributed by atoms with Gasteiger partial charge < -0.3 is 14.8 Å². The summed E-state index contributed by atoms with van der Waals surface area (Å²) in [6.45, 7) is 2.14. The number of hydrogen-bond donors (Lipinski definition) is 2. The van der Waals surface area contributed by atoms with Crippen molar-refractivity contribution in [1.82, 2.24) is 14.8 Å². The Balaban J connectivity index is 2.23. The molecule has 1 aromatic carbocycles. The fourth-order valence-electron chi connectivity index (χ4n) is 1.68. The molecule has 6 heteroatoms. The number of aryl methyl sites for hydroxylation is 1. The summed E-state index contributed by atoms with van der Waals surface area (Å²) in [5.41, 5.74) is 1.18. The molecule has 0 aliphatic heterocycles. The minimum atomic E-state index is -0.946. The van der Waals surface area contributed by atoms with Crippen LogP contribution >= 0.6 is 0 Å². The van der Waals surface area contributed by atoms with Crippen molar-refractivity contribution in [2.24, 2.45) is 0 Å². The maximum Gasteiger partial charge on any atom is 0.335 e. The quantitative estimate of drug-likeness (QED) is 0.835. The van der Waals surface area contributed by atoms with E-state index in [0.29, 0.717) is 18.2 Å². The van der Waals surface area contributed by atoms with E-state index in [0.717, 1.165) is 5.56 Å². The Bertz CT molecular complexity index is 560. The first-order chi connectivity index (χ1) is 8.61. The third-order valence-corrected chi connectivity index (χ3v) is 2.70. The predicted octanol–water partition coefficient (Wildman–Crippen LogP) is 0.825. The molecule has 0 amide bonds. The van der Waals surface area contributed by atoms with Gasteiger partial charge in [0.1, 0.15) is 12.4 Å². The SMILES string of the molecule is Cc1nnc(CO)n1Cc1ccc(C(=O)O)cc1. The van der Waals surface area contributed by atoms with E-state index in [-0.39, 0.29) is 12.2 Å². The highest BCUT2D eigenvalue weighted by Crippen LogP contribution is 2.09. The zero-order chi connectivity index (χ0) is 13.1. The number of carboxylic acid groups (broad SMARTS) is 1. The summed E-state index contributed by atoms with van der Waals surface area (Å²) in [5.74, 6) is 0.259. The van der Waals surface area contributed by atoms with Crippen LogP contribution in [0, 0.1) is 6.92 Å². The predicted molar refractivity (Wildman–Crippen MR) is 63.2 cm³/mol. The number of aliphatic hydroxyl groups excluding tert-OH is 1. The molecule has 2 rings (SSSR count). The van der Waals surface area contributed by atoms with E-state index in [9.17, 15) is 4.79 Å². The van der Waals surface area contributed by atoms with Crippen LogP contribution < -0.4 is 0 Å². The monoisotopic (exact) mass is 247 g/mol. The van der Waals surface area contributed by atoms with Gasteiger partial charge in [-0.15, -0.1) is 10.2 Å². The molecule has 0 bridgehead atoms. The number of rotatable bonds is 4. The summed E-state index contributed by atoms with van der Waals surface area (Å²) in [4.78, 5) is 10.7. The minimum Gasteiger partial charge on any atom is -0.478 e. The molecule has 0 fully saturated rings. The number of nitrogens with zero attached hydrogens (tertiary/aromatic N) is 3. The van der Waals surface area contributed by atoms with Crippen molar-refractivity contribution in [2.75, 3.05) is 0 Å². The highest BCUT2D eigenvalue weighted by Gasteiger charge is 2.08. The lowest BCUT2D eigenvalue weighted by Gasteiger charge is -2.07. The number of benzene rings is 1. The van der Waals surface area contributed by atoms with Gasteiger partial charge in [0.15, 0.2) is 5.82 Å². The third kappa shape index (κ3) is 2.38. The zero-order valence-electron chi connectivity index (χ0n) is 9.87. The van der Waals surface area contributed by atoms with Gasteiger partial charge in [-0.1, -0.05) is 12.1 Å². The summed E-state index contributed by atoms with van der Waals surface area (Å²) in [5, 5.41) is 25.7. The van der Waals surface area contributed by atoms with Gasteiger partial charge >= 0.3 is 5.97 Å². The maximum atomic E-state index is 10.7. The molecule has 0 saturated heterocycles. The fourth-order valence-corrected chi connectivity index (χ4v) is 1.68. The third-order valence-electron chi connectivity index (χ3n) is 2.70. The standard InChI is InChI=1S/C12H13N3O3/c1-8-13-14-11(7-16)15(8)6-9-2-4-10(5-3-9)12(17)18/h2-5,16H,6-7H2,1H3,(H,17,18). The van der Waals surface area contributed by atoms with Gasteiger partial charge in [-0.2, -0.15) is 0 Å². The van der Waals surface area contributed by atoms with Crippen LogP contribution in [0.4, 0.5) is 0 Å². The largest absolute Gasteiger partial charge is 0.478 e. The Morgan fingerprint density at radius 3 is 2.50 bits per heavy atom. The lowest BCUT2D eigenvalue weighted by Crippen LogP contribution is -2.07. The van der Waals surface area contributed by atoms with Crippen LogP contribution in [0.15, 0.2) is 24.3 Å². The highest BCUT2D eigenvalue weighted by atomic mass is 16.4. The topological polar surface area (TPSA) is 88.2 Å². The van der Waals surface area contributed by atoms with Crippen molar-refractivity contribution in [3.8, 4) is 0 Å². The molecule has 1 aromatic heterocycles. The lowest BCUT2D eigenvalue weighted by molar-refractivity contribution is 0.0697. The van der Waals surface area contributed by atoms with Gasteiger partial charge in [-0.3, -0.25) is 0 Å². The molecule has 0 aliphatic rings. The number of aliphatic hydroxyl groups is 1. The Hall–Kier alpha value is -2.21. The molecular weight excluding hydrogens is 234 g/mol. The van der Waals surface area contributed by atoms with E-state index in [2.05, 4.69) is 10.2 Å². The molecule has 1 heterocycles. The number of aromatic nitrogens is 3. The average Bonchev–Trinajstić information content (AvgIpc) is 2.71. The van der Waals surface area contributed by atoms with Gasteiger partial charge in [0.05, 0.1) is 12.1 Å². The van der Waals surface area contributed by atoms with Crippen LogP contribution in [0.5, 0.6) is 0 Å². The number of aromatic carboxylic acids is 1. The average molecular weight is 247 g/mol. The molecule has 6 nitrogen and oxygen atoms in total. The van der Waals surface area contributed by atoms with Gasteiger partial charge in [-0.05, 0) is 24.6 Å². The second-order valence-corrected chi connectivity index (χ2v) is 3.91. The first-order valence-electron chi connectivity index (χ1n) is 5.43. The summed E-state index contributed by atoms with van der Waals surface area (Å²) < 4.78 is 1.79. The summed E-state index contributed by atoms with van der Waals surface area (Å²) in [6.07, 6.45) is 0. The van der Waals surface area contributed by atoms with E-state index in [4.69, 9.17) is 10.2 Å². The maximum absolute atomic E-state index is 10.7. The van der Waals surface area contributed by atoms with Crippen molar-refractivity contribution >= 4 is 5.97 Å². The van der Waals surface area contributed by atoms with Crippen molar-refractivity contribution in [1.29, 1.82) is 0 Å². The number of carboxylic acids is 1. The molecule has 0 saturated carbocycles. The molecular formula is C12H13N3O3. The Morgan fingerprint density at radius 1 is 1.28 bits per heavy atom. The Morgan fingerprint density at radius 2 is 1.94 bits per heavy atom. The van der Waals surface area contributed by atoms with Gasteiger partial charge in [0, 0.05) is 0 Å². The molecule has 0 radical (unpaired) electrons. The van der Waals surface area contributed by atoms with Crippen molar-refractivity contribution in [3.63, 3.8) is 0 Å². The molecule has 2 N–H and O–H groups in total. The van der Waals surface area contributed by atoms with E-state index in [1.807, 2.05) is 0 Å². The normalized spacial score (nSPS) is 10.6. The molecule has 18 heavy (non-hydrogen) atoms. The molecule has 2 aromatic rings. The van der Waals surface area contributed by atoms with Crippen molar-refractivity contribution in [2.45, 2.75) is 20.1 Å². The minimum absolute atomic E-state index is 0.173. The van der Waals surface area contributed by atoms with Crippen LogP contribution in [-0.2, 0) is 13.2 Å². The lowest BCUT2D eigenvalue weighted by atomic mass is 10.1.